The van der Waals surface area contributed by atoms with Crippen molar-refractivity contribution >= 4 is 46.6 Å². The number of rotatable bonds is 10. The van der Waals surface area contributed by atoms with Crippen LogP contribution in [-0.4, -0.2) is 50.2 Å². The number of amides is 1. The molecule has 0 saturated heterocycles. The molecule has 1 heterocycles. The summed E-state index contributed by atoms with van der Waals surface area (Å²) in [5.41, 5.74) is 2.60. The van der Waals surface area contributed by atoms with Gasteiger partial charge in [-0.05, 0) is 78.4 Å². The summed E-state index contributed by atoms with van der Waals surface area (Å²) >= 11 is 14.1. The minimum atomic E-state index is -0.625. The molecule has 2 aromatic carbocycles. The molecule has 1 fully saturated rings. The first-order chi connectivity index (χ1) is 16.3. The first kappa shape index (κ1) is 24.9. The third-order valence-corrected chi connectivity index (χ3v) is 7.05. The molecule has 11 heteroatoms. The highest BCUT2D eigenvalue weighted by molar-refractivity contribution is 7.99. The van der Waals surface area contributed by atoms with Crippen LogP contribution in [-0.2, 0) is 15.1 Å². The number of aliphatic hydroxyl groups is 1. The number of nitrogens with one attached hydrogen (secondary N) is 1. The lowest BCUT2D eigenvalue weighted by molar-refractivity contribution is -0.113. The minimum Gasteiger partial charge on any atom is -0.394 e. The molecule has 1 aliphatic carbocycles. The van der Waals surface area contributed by atoms with Gasteiger partial charge in [0.25, 0.3) is 0 Å². The van der Waals surface area contributed by atoms with Crippen LogP contribution in [0.5, 0.6) is 0 Å². The van der Waals surface area contributed by atoms with Crippen LogP contribution in [0.3, 0.4) is 0 Å². The predicted molar refractivity (Wildman–Crippen MR) is 133 cm³/mol. The Morgan fingerprint density at radius 1 is 1.24 bits per heavy atom. The topological polar surface area (TPSA) is 102 Å². The van der Waals surface area contributed by atoms with E-state index < -0.39 is 5.60 Å². The summed E-state index contributed by atoms with van der Waals surface area (Å²) in [6.07, 6.45) is 2.39. The molecule has 3 aromatic rings. The molecule has 1 amide bonds. The van der Waals surface area contributed by atoms with Gasteiger partial charge in [0.05, 0.1) is 46.0 Å². The number of halogens is 2. The van der Waals surface area contributed by atoms with E-state index in [0.717, 1.165) is 5.56 Å². The number of anilines is 1. The number of carbonyl (C=O) groups is 1. The summed E-state index contributed by atoms with van der Waals surface area (Å²) in [7, 11) is 0. The summed E-state index contributed by atoms with van der Waals surface area (Å²) in [6, 6.07) is 11.2. The van der Waals surface area contributed by atoms with Crippen LogP contribution < -0.4 is 5.32 Å². The second kappa shape index (κ2) is 10.6. The number of benzene rings is 2. The molecule has 34 heavy (non-hydrogen) atoms. The van der Waals surface area contributed by atoms with E-state index in [9.17, 15) is 4.79 Å². The van der Waals surface area contributed by atoms with E-state index in [0.29, 0.717) is 32.5 Å². The Labute approximate surface area is 212 Å². The SMILES string of the molecule is CC(C)(OCCO)c1ccc(NC(=O)CSc2nnnn2-c2ccc(C3CC3)cc2Cl)c(Cl)c1. The Hall–Kier alpha value is -2.17. The highest BCUT2D eigenvalue weighted by Gasteiger charge is 2.25. The Morgan fingerprint density at radius 3 is 2.71 bits per heavy atom. The molecule has 4 rings (SSSR count). The van der Waals surface area contributed by atoms with Gasteiger partial charge in [-0.2, -0.15) is 4.68 Å². The lowest BCUT2D eigenvalue weighted by Crippen LogP contribution is -2.23. The van der Waals surface area contributed by atoms with Crippen LogP contribution in [0.1, 0.15) is 43.7 Å². The van der Waals surface area contributed by atoms with Gasteiger partial charge in [0, 0.05) is 0 Å². The molecule has 8 nitrogen and oxygen atoms in total. The summed E-state index contributed by atoms with van der Waals surface area (Å²) in [4.78, 5) is 12.6. The van der Waals surface area contributed by atoms with E-state index in [1.54, 1.807) is 12.1 Å². The van der Waals surface area contributed by atoms with Gasteiger partial charge in [-0.1, -0.05) is 47.1 Å². The molecule has 0 radical (unpaired) electrons. The van der Waals surface area contributed by atoms with Crippen LogP contribution in [0.4, 0.5) is 5.69 Å². The molecule has 0 atom stereocenters. The van der Waals surface area contributed by atoms with Crippen LogP contribution in [0, 0.1) is 0 Å². The van der Waals surface area contributed by atoms with E-state index >= 15 is 0 Å². The summed E-state index contributed by atoms with van der Waals surface area (Å²) < 4.78 is 7.20. The van der Waals surface area contributed by atoms with Crippen molar-refractivity contribution in [1.82, 2.24) is 20.2 Å². The molecule has 1 aliphatic rings. The Kier molecular flexibility index (Phi) is 7.79. The molecular weight excluding hydrogens is 497 g/mol. The summed E-state index contributed by atoms with van der Waals surface area (Å²) in [5.74, 6) is 0.430. The standard InChI is InChI=1S/C23H25Cl2N5O3S/c1-23(2,33-10-9-31)16-6-7-19(17(24)12-16)26-21(32)13-34-22-27-28-29-30(22)20-8-5-15(11-18(20)25)14-3-4-14/h5-8,11-12,14,31H,3-4,9-10,13H2,1-2H3,(H,26,32). The van der Waals surface area contributed by atoms with Crippen molar-refractivity contribution in [3.8, 4) is 5.69 Å². The summed E-state index contributed by atoms with van der Waals surface area (Å²) in [6.45, 7) is 3.93. The van der Waals surface area contributed by atoms with Crippen molar-refractivity contribution in [3.63, 3.8) is 0 Å². The number of tetrazole rings is 1. The van der Waals surface area contributed by atoms with Crippen LogP contribution in [0.25, 0.3) is 5.69 Å². The van der Waals surface area contributed by atoms with Crippen LogP contribution >= 0.6 is 35.0 Å². The lowest BCUT2D eigenvalue weighted by atomic mass is 9.98. The van der Waals surface area contributed by atoms with Gasteiger partial charge >= 0.3 is 0 Å². The van der Waals surface area contributed by atoms with Crippen molar-refractivity contribution < 1.29 is 14.6 Å². The van der Waals surface area contributed by atoms with Gasteiger partial charge in [-0.25, -0.2) is 0 Å². The zero-order valence-electron chi connectivity index (χ0n) is 18.8. The van der Waals surface area contributed by atoms with Crippen molar-refractivity contribution in [2.24, 2.45) is 0 Å². The number of aromatic nitrogens is 4. The molecule has 0 unspecified atom stereocenters. The molecule has 0 bridgehead atoms. The first-order valence-corrected chi connectivity index (χ1v) is 12.6. The number of hydrogen-bond acceptors (Lipinski definition) is 7. The maximum absolute atomic E-state index is 12.6. The predicted octanol–water partition coefficient (Wildman–Crippen LogP) is 4.82. The van der Waals surface area contributed by atoms with Crippen molar-refractivity contribution in [3.05, 3.63) is 57.6 Å². The van der Waals surface area contributed by atoms with Gasteiger partial charge in [-0.15, -0.1) is 5.10 Å². The van der Waals surface area contributed by atoms with Crippen LogP contribution in [0.2, 0.25) is 10.0 Å². The Balaban J connectivity index is 1.39. The highest BCUT2D eigenvalue weighted by Crippen LogP contribution is 2.41. The van der Waals surface area contributed by atoms with E-state index in [-0.39, 0.29) is 24.9 Å². The number of hydrogen-bond donors (Lipinski definition) is 2. The molecule has 0 spiro atoms. The minimum absolute atomic E-state index is 0.0652. The lowest BCUT2D eigenvalue weighted by Gasteiger charge is -2.26. The van der Waals surface area contributed by atoms with E-state index in [4.69, 9.17) is 33.0 Å². The number of aliphatic hydroxyl groups excluding tert-OH is 1. The summed E-state index contributed by atoms with van der Waals surface area (Å²) in [5, 5.41) is 25.0. The van der Waals surface area contributed by atoms with Crippen LogP contribution in [0.15, 0.2) is 41.6 Å². The number of thioether (sulfide) groups is 1. The Bertz CT molecular complexity index is 1180. The van der Waals surface area contributed by atoms with Crippen molar-refractivity contribution in [1.29, 1.82) is 0 Å². The van der Waals surface area contributed by atoms with Crippen molar-refractivity contribution in [2.45, 2.75) is 43.4 Å². The Morgan fingerprint density at radius 2 is 2.03 bits per heavy atom. The molecule has 1 aromatic heterocycles. The normalized spacial score (nSPS) is 13.8. The van der Waals surface area contributed by atoms with E-state index in [1.165, 1.54) is 34.8 Å². The van der Waals surface area contributed by atoms with E-state index in [2.05, 4.69) is 20.8 Å². The molecular formula is C23H25Cl2N5O3S. The van der Waals surface area contributed by atoms with Gasteiger partial charge in [0.2, 0.25) is 11.1 Å². The fraction of sp³-hybridized carbons (Fsp3) is 0.391. The largest absolute Gasteiger partial charge is 0.394 e. The fourth-order valence-corrected chi connectivity index (χ4v) is 4.66. The average Bonchev–Trinajstić information content (AvgIpc) is 3.56. The molecule has 1 saturated carbocycles. The van der Waals surface area contributed by atoms with Crippen molar-refractivity contribution in [2.75, 3.05) is 24.3 Å². The fourth-order valence-electron chi connectivity index (χ4n) is 3.48. The maximum Gasteiger partial charge on any atom is 0.234 e. The number of carbonyl (C=O) groups excluding carboxylic acids is 1. The van der Waals surface area contributed by atoms with E-state index in [1.807, 2.05) is 38.1 Å². The number of nitrogens with zero attached hydrogens (tertiary/aromatic N) is 4. The molecule has 180 valence electrons. The smallest absolute Gasteiger partial charge is 0.234 e. The zero-order valence-corrected chi connectivity index (χ0v) is 21.1. The third-order valence-electron chi connectivity index (χ3n) is 5.51. The zero-order chi connectivity index (χ0) is 24.3. The number of ether oxygens (including phenoxy) is 1. The highest BCUT2D eigenvalue weighted by atomic mass is 35.5. The van der Waals surface area contributed by atoms with Gasteiger partial charge in [-0.3, -0.25) is 4.79 Å². The second-order valence-corrected chi connectivity index (χ2v) is 10.2. The molecule has 0 aliphatic heterocycles. The average molecular weight is 522 g/mol. The van der Waals surface area contributed by atoms with Gasteiger partial charge in [0.15, 0.2) is 0 Å². The third kappa shape index (κ3) is 5.90. The monoisotopic (exact) mass is 521 g/mol. The second-order valence-electron chi connectivity index (χ2n) is 8.47. The van der Waals surface area contributed by atoms with Gasteiger partial charge in [0.1, 0.15) is 0 Å². The maximum atomic E-state index is 12.6. The molecule has 2 N–H and O–H groups in total. The van der Waals surface area contributed by atoms with Gasteiger partial charge < -0.3 is 15.2 Å². The first-order valence-electron chi connectivity index (χ1n) is 10.8. The quantitative estimate of drug-likeness (QED) is 0.368.